The van der Waals surface area contributed by atoms with Crippen LogP contribution < -0.4 is 5.32 Å². The summed E-state index contributed by atoms with van der Waals surface area (Å²) in [6.07, 6.45) is 0. The van der Waals surface area contributed by atoms with E-state index in [1.165, 1.54) is 0 Å². The van der Waals surface area contributed by atoms with Gasteiger partial charge in [0.2, 0.25) is 0 Å². The molecule has 2 nitrogen and oxygen atoms in total. The molecular formula is C5H13NOS. The lowest BCUT2D eigenvalue weighted by Crippen LogP contribution is -2.05. The van der Waals surface area contributed by atoms with Crippen LogP contribution in [-0.4, -0.2) is 22.4 Å². The number of hydrogen-bond acceptors (Lipinski definition) is 2. The first-order valence-electron chi connectivity index (χ1n) is 2.95. The third-order valence-corrected chi connectivity index (χ3v) is 1.96. The molecule has 1 saturated heterocycles. The van der Waals surface area contributed by atoms with E-state index in [0.717, 1.165) is 12.3 Å². The van der Waals surface area contributed by atoms with E-state index in [1.54, 1.807) is 0 Å². The largest absolute Gasteiger partial charge is 0.305 e. The molecule has 0 saturated carbocycles. The normalized spacial score (nSPS) is 26.5. The third-order valence-electron chi connectivity index (χ3n) is 0.770. The van der Waals surface area contributed by atoms with Crippen molar-refractivity contribution in [3.8, 4) is 0 Å². The van der Waals surface area contributed by atoms with Crippen molar-refractivity contribution in [3.05, 3.63) is 0 Å². The highest BCUT2D eigenvalue weighted by Gasteiger charge is 2.03. The lowest BCUT2D eigenvalue weighted by atomic mass is 10.8. The van der Waals surface area contributed by atoms with Gasteiger partial charge >= 0.3 is 0 Å². The molecule has 0 aromatic rings. The molecule has 50 valence electrons. The molecule has 1 atom stereocenters. The van der Waals surface area contributed by atoms with Crippen molar-refractivity contribution < 1.29 is 4.21 Å². The van der Waals surface area contributed by atoms with Gasteiger partial charge in [-0.15, -0.1) is 0 Å². The second-order valence-electron chi connectivity index (χ2n) is 1.29. The Hall–Kier alpha value is 0.110. The van der Waals surface area contributed by atoms with E-state index < -0.39 is 10.8 Å². The Morgan fingerprint density at radius 2 is 2.12 bits per heavy atom. The summed E-state index contributed by atoms with van der Waals surface area (Å²) in [4.78, 5) is 0. The second kappa shape index (κ2) is 5.25. The van der Waals surface area contributed by atoms with Gasteiger partial charge in [0.25, 0.3) is 0 Å². The molecule has 8 heavy (non-hydrogen) atoms. The van der Waals surface area contributed by atoms with Crippen molar-refractivity contribution in [2.45, 2.75) is 13.8 Å². The third kappa shape index (κ3) is 3.16. The molecular weight excluding hydrogens is 122 g/mol. The lowest BCUT2D eigenvalue weighted by Gasteiger charge is -1.76. The maximum Gasteiger partial charge on any atom is 0.0723 e. The van der Waals surface area contributed by atoms with Gasteiger partial charge in [-0.1, -0.05) is 13.8 Å². The Bertz CT molecular complexity index is 66.8. The second-order valence-corrected chi connectivity index (χ2v) is 2.86. The molecule has 1 unspecified atom stereocenters. The lowest BCUT2D eigenvalue weighted by molar-refractivity contribution is 0.686. The monoisotopic (exact) mass is 135 g/mol. The fourth-order valence-corrected chi connectivity index (χ4v) is 1.33. The molecule has 0 bridgehead atoms. The van der Waals surface area contributed by atoms with Crippen LogP contribution in [0.5, 0.6) is 0 Å². The van der Waals surface area contributed by atoms with Crippen molar-refractivity contribution in [1.82, 2.24) is 5.32 Å². The molecule has 0 aromatic heterocycles. The highest BCUT2D eigenvalue weighted by molar-refractivity contribution is 7.85. The maximum atomic E-state index is 10.3. The molecule has 0 spiro atoms. The zero-order chi connectivity index (χ0) is 6.41. The predicted molar refractivity (Wildman–Crippen MR) is 37.2 cm³/mol. The van der Waals surface area contributed by atoms with Crippen LogP contribution in [0.4, 0.5) is 0 Å². The highest BCUT2D eigenvalue weighted by Crippen LogP contribution is 1.84. The van der Waals surface area contributed by atoms with Gasteiger partial charge in [-0.3, -0.25) is 4.21 Å². The van der Waals surface area contributed by atoms with E-state index in [-0.39, 0.29) is 0 Å². The van der Waals surface area contributed by atoms with Crippen LogP contribution in [-0.2, 0) is 10.8 Å². The van der Waals surface area contributed by atoms with Gasteiger partial charge in [0.05, 0.1) is 5.88 Å². The zero-order valence-electron chi connectivity index (χ0n) is 5.44. The molecule has 3 heteroatoms. The van der Waals surface area contributed by atoms with Crippen molar-refractivity contribution in [3.63, 3.8) is 0 Å². The topological polar surface area (TPSA) is 29.1 Å². The molecule has 1 aliphatic rings. The van der Waals surface area contributed by atoms with E-state index in [1.807, 2.05) is 13.8 Å². The van der Waals surface area contributed by atoms with Gasteiger partial charge in [0, 0.05) is 23.1 Å². The molecule has 1 N–H and O–H groups in total. The van der Waals surface area contributed by atoms with Gasteiger partial charge in [-0.25, -0.2) is 0 Å². The van der Waals surface area contributed by atoms with Crippen LogP contribution in [0.15, 0.2) is 0 Å². The minimum Gasteiger partial charge on any atom is -0.305 e. The van der Waals surface area contributed by atoms with Crippen LogP contribution in [0.25, 0.3) is 0 Å². The van der Waals surface area contributed by atoms with Gasteiger partial charge in [0.15, 0.2) is 0 Å². The molecule has 0 aromatic carbocycles. The Morgan fingerprint density at radius 3 is 2.25 bits per heavy atom. The smallest absolute Gasteiger partial charge is 0.0723 e. The summed E-state index contributed by atoms with van der Waals surface area (Å²) in [6, 6.07) is 0. The van der Waals surface area contributed by atoms with Crippen LogP contribution in [0.2, 0.25) is 0 Å². The van der Waals surface area contributed by atoms with Gasteiger partial charge in [-0.05, 0) is 0 Å². The Morgan fingerprint density at radius 1 is 1.50 bits per heavy atom. The first-order chi connectivity index (χ1) is 3.89. The Kier molecular flexibility index (Phi) is 5.32. The van der Waals surface area contributed by atoms with Crippen molar-refractivity contribution >= 4 is 10.8 Å². The van der Waals surface area contributed by atoms with E-state index in [2.05, 4.69) is 5.32 Å². The minimum absolute atomic E-state index is 0.534. The van der Waals surface area contributed by atoms with Gasteiger partial charge in [0.1, 0.15) is 0 Å². The van der Waals surface area contributed by atoms with Crippen LogP contribution in [0.1, 0.15) is 13.8 Å². The molecule has 0 aliphatic carbocycles. The Balaban J connectivity index is 0.000000222. The summed E-state index contributed by atoms with van der Waals surface area (Å²) in [5, 5.41) is 2.97. The molecule has 0 amide bonds. The Labute approximate surface area is 53.1 Å². The van der Waals surface area contributed by atoms with E-state index in [4.69, 9.17) is 0 Å². The molecule has 1 rings (SSSR count). The fourth-order valence-electron chi connectivity index (χ4n) is 0.444. The van der Waals surface area contributed by atoms with Crippen molar-refractivity contribution in [2.24, 2.45) is 0 Å². The van der Waals surface area contributed by atoms with E-state index in [0.29, 0.717) is 5.88 Å². The average molecular weight is 135 g/mol. The zero-order valence-corrected chi connectivity index (χ0v) is 6.25. The van der Waals surface area contributed by atoms with Crippen LogP contribution >= 0.6 is 0 Å². The summed E-state index contributed by atoms with van der Waals surface area (Å²) in [6.45, 7) is 4.94. The number of hydrogen-bond donors (Lipinski definition) is 1. The summed E-state index contributed by atoms with van der Waals surface area (Å²) in [5.74, 6) is 1.56. The molecule has 1 fully saturated rings. The first-order valence-corrected chi connectivity index (χ1v) is 4.44. The summed E-state index contributed by atoms with van der Waals surface area (Å²) >= 11 is 0. The van der Waals surface area contributed by atoms with E-state index >= 15 is 0 Å². The predicted octanol–water partition coefficient (Wildman–Crippen LogP) is 0.322. The van der Waals surface area contributed by atoms with Crippen LogP contribution in [0.3, 0.4) is 0 Å². The van der Waals surface area contributed by atoms with Gasteiger partial charge in [-0.2, -0.15) is 0 Å². The first kappa shape index (κ1) is 8.11. The quantitative estimate of drug-likeness (QED) is 0.518. The fraction of sp³-hybridized carbons (Fsp3) is 1.00. The van der Waals surface area contributed by atoms with E-state index in [9.17, 15) is 4.21 Å². The summed E-state index contributed by atoms with van der Waals surface area (Å²) in [7, 11) is -0.534. The molecule has 1 aliphatic heterocycles. The number of rotatable bonds is 0. The minimum atomic E-state index is -0.534. The van der Waals surface area contributed by atoms with Crippen LogP contribution in [0, 0.1) is 0 Å². The maximum absolute atomic E-state index is 10.3. The highest BCUT2D eigenvalue weighted by atomic mass is 32.2. The SMILES string of the molecule is CC.O=S1CCNC1. The van der Waals surface area contributed by atoms with Crippen molar-refractivity contribution in [2.75, 3.05) is 18.2 Å². The average Bonchev–Trinajstić information content (AvgIpc) is 2.24. The van der Waals surface area contributed by atoms with Gasteiger partial charge < -0.3 is 5.32 Å². The number of nitrogens with one attached hydrogen (secondary N) is 1. The molecule has 1 heterocycles. The van der Waals surface area contributed by atoms with Crippen molar-refractivity contribution in [1.29, 1.82) is 0 Å². The standard InChI is InChI=1S/C3H7NOS.C2H6/c5-6-2-1-4-3-6;1-2/h4H,1-3H2;1-2H3. The summed E-state index contributed by atoms with van der Waals surface area (Å²) < 4.78 is 10.3. The summed E-state index contributed by atoms with van der Waals surface area (Å²) in [5.41, 5.74) is 0. The molecule has 0 radical (unpaired) electrons.